The second-order valence-electron chi connectivity index (χ2n) is 9.13. The molecule has 1 N–H and O–H groups in total. The quantitative estimate of drug-likeness (QED) is 0.351. The first-order chi connectivity index (χ1) is 16.9. The predicted octanol–water partition coefficient (Wildman–Crippen LogP) is 6.14. The fraction of sp³-hybridized carbons (Fsp3) is 0.333. The van der Waals surface area contributed by atoms with Gasteiger partial charge < -0.3 is 10.2 Å². The van der Waals surface area contributed by atoms with Gasteiger partial charge in [-0.15, -0.1) is 0 Å². The Bertz CT molecular complexity index is 1120. The Kier molecular flexibility index (Phi) is 9.92. The maximum absolute atomic E-state index is 13.7. The molecule has 2 amide bonds. The first-order valence-corrected chi connectivity index (χ1v) is 12.7. The third kappa shape index (κ3) is 7.97. The van der Waals surface area contributed by atoms with Crippen LogP contribution in [0, 0.1) is 6.92 Å². The first kappa shape index (κ1) is 26.5. The lowest BCUT2D eigenvalue weighted by atomic mass is 10.0. The maximum atomic E-state index is 13.7. The summed E-state index contributed by atoms with van der Waals surface area (Å²) < 4.78 is 0. The van der Waals surface area contributed by atoms with Crippen molar-refractivity contribution in [2.45, 2.75) is 65.1 Å². The van der Waals surface area contributed by atoms with Gasteiger partial charge in [-0.3, -0.25) is 9.59 Å². The van der Waals surface area contributed by atoms with Crippen LogP contribution in [-0.4, -0.2) is 28.8 Å². The van der Waals surface area contributed by atoms with E-state index in [1.54, 1.807) is 4.90 Å². The van der Waals surface area contributed by atoms with Crippen LogP contribution in [0.1, 0.15) is 48.9 Å². The molecule has 0 aromatic heterocycles. The molecule has 3 aromatic carbocycles. The Balaban J connectivity index is 1.92. The highest BCUT2D eigenvalue weighted by atomic mass is 35.5. The standard InChI is InChI=1S/C30H35ClN2O2/c1-4-23(3)32-30(35)28(20-24-12-6-5-7-13-24)33(21-25-14-10-11-22(2)19-25)29(34)18-17-26-15-8-9-16-27(26)31/h5-16,19,23,28H,4,17-18,20-21H2,1-3H3,(H,32,35). The second kappa shape index (κ2) is 13.1. The Hall–Kier alpha value is -3.11. The molecule has 0 radical (unpaired) electrons. The van der Waals surface area contributed by atoms with Gasteiger partial charge in [0.1, 0.15) is 6.04 Å². The Labute approximate surface area is 214 Å². The van der Waals surface area contributed by atoms with Crippen LogP contribution in [0.15, 0.2) is 78.9 Å². The van der Waals surface area contributed by atoms with Gasteiger partial charge in [-0.1, -0.05) is 96.9 Å². The van der Waals surface area contributed by atoms with E-state index in [0.29, 0.717) is 24.4 Å². The van der Waals surface area contributed by atoms with E-state index in [2.05, 4.69) is 11.4 Å². The van der Waals surface area contributed by atoms with Crippen molar-refractivity contribution in [1.29, 1.82) is 0 Å². The largest absolute Gasteiger partial charge is 0.352 e. The fourth-order valence-corrected chi connectivity index (χ4v) is 4.32. The SMILES string of the molecule is CCC(C)NC(=O)C(Cc1ccccc1)N(Cc1cccc(C)c1)C(=O)CCc1ccccc1Cl. The number of hydrogen-bond donors (Lipinski definition) is 1. The second-order valence-corrected chi connectivity index (χ2v) is 9.53. The molecule has 0 aliphatic rings. The summed E-state index contributed by atoms with van der Waals surface area (Å²) in [5, 5.41) is 3.76. The van der Waals surface area contributed by atoms with Gasteiger partial charge in [0.25, 0.3) is 0 Å². The molecule has 35 heavy (non-hydrogen) atoms. The number of nitrogens with zero attached hydrogens (tertiary/aromatic N) is 1. The van der Waals surface area contributed by atoms with Crippen molar-refractivity contribution in [3.05, 3.63) is 106 Å². The van der Waals surface area contributed by atoms with E-state index in [0.717, 1.165) is 28.7 Å². The number of amides is 2. The first-order valence-electron chi connectivity index (χ1n) is 12.3. The fourth-order valence-electron chi connectivity index (χ4n) is 4.09. The Morgan fingerprint density at radius 3 is 2.31 bits per heavy atom. The summed E-state index contributed by atoms with van der Waals surface area (Å²) in [6, 6.07) is 25.0. The van der Waals surface area contributed by atoms with Crippen molar-refractivity contribution in [3.63, 3.8) is 0 Å². The van der Waals surface area contributed by atoms with Gasteiger partial charge in [0.15, 0.2) is 0 Å². The molecule has 0 aliphatic heterocycles. The Morgan fingerprint density at radius 2 is 1.63 bits per heavy atom. The number of aryl methyl sites for hydroxylation is 2. The van der Waals surface area contributed by atoms with Gasteiger partial charge in [-0.2, -0.15) is 0 Å². The van der Waals surface area contributed by atoms with Crippen LogP contribution in [-0.2, 0) is 29.0 Å². The highest BCUT2D eigenvalue weighted by Gasteiger charge is 2.30. The van der Waals surface area contributed by atoms with E-state index < -0.39 is 6.04 Å². The topological polar surface area (TPSA) is 49.4 Å². The monoisotopic (exact) mass is 490 g/mol. The minimum Gasteiger partial charge on any atom is -0.352 e. The molecule has 0 bridgehead atoms. The lowest BCUT2D eigenvalue weighted by Crippen LogP contribution is -2.52. The summed E-state index contributed by atoms with van der Waals surface area (Å²) in [6.45, 7) is 6.43. The van der Waals surface area contributed by atoms with Crippen LogP contribution in [0.3, 0.4) is 0 Å². The van der Waals surface area contributed by atoms with Crippen LogP contribution < -0.4 is 5.32 Å². The summed E-state index contributed by atoms with van der Waals surface area (Å²) in [6.07, 6.45) is 2.07. The molecule has 3 aromatic rings. The molecule has 0 aliphatic carbocycles. The highest BCUT2D eigenvalue weighted by Crippen LogP contribution is 2.20. The number of benzene rings is 3. The van der Waals surface area contributed by atoms with Gasteiger partial charge in [0.05, 0.1) is 0 Å². The van der Waals surface area contributed by atoms with Crippen molar-refractivity contribution < 1.29 is 9.59 Å². The number of halogens is 1. The lowest BCUT2D eigenvalue weighted by molar-refractivity contribution is -0.141. The molecule has 0 heterocycles. The number of nitrogens with one attached hydrogen (secondary N) is 1. The zero-order valence-corrected chi connectivity index (χ0v) is 21.6. The molecule has 0 fully saturated rings. The highest BCUT2D eigenvalue weighted by molar-refractivity contribution is 6.31. The van der Waals surface area contributed by atoms with E-state index in [4.69, 9.17) is 11.6 Å². The lowest BCUT2D eigenvalue weighted by Gasteiger charge is -2.32. The van der Waals surface area contributed by atoms with Gasteiger partial charge in [-0.05, 0) is 49.4 Å². The molecule has 2 atom stereocenters. The van der Waals surface area contributed by atoms with Crippen LogP contribution in [0.25, 0.3) is 0 Å². The Morgan fingerprint density at radius 1 is 0.943 bits per heavy atom. The summed E-state index contributed by atoms with van der Waals surface area (Å²) in [5.41, 5.74) is 4.08. The van der Waals surface area contributed by atoms with Crippen molar-refractivity contribution in [1.82, 2.24) is 10.2 Å². The van der Waals surface area contributed by atoms with Gasteiger partial charge in [-0.25, -0.2) is 0 Å². The van der Waals surface area contributed by atoms with Gasteiger partial charge in [0, 0.05) is 30.5 Å². The minimum absolute atomic E-state index is 0.0276. The van der Waals surface area contributed by atoms with Crippen molar-refractivity contribution in [2.24, 2.45) is 0 Å². The summed E-state index contributed by atoms with van der Waals surface area (Å²) in [7, 11) is 0. The van der Waals surface area contributed by atoms with Crippen LogP contribution in [0.2, 0.25) is 5.02 Å². The van der Waals surface area contributed by atoms with Crippen LogP contribution in [0.4, 0.5) is 0 Å². The molecular formula is C30H35ClN2O2. The van der Waals surface area contributed by atoms with E-state index in [-0.39, 0.29) is 24.3 Å². The minimum atomic E-state index is -0.620. The molecule has 0 saturated heterocycles. The van der Waals surface area contributed by atoms with Crippen LogP contribution in [0.5, 0.6) is 0 Å². The predicted molar refractivity (Wildman–Crippen MR) is 143 cm³/mol. The van der Waals surface area contributed by atoms with Crippen molar-refractivity contribution in [3.8, 4) is 0 Å². The third-order valence-corrected chi connectivity index (χ3v) is 6.64. The number of carbonyl (C=O) groups excluding carboxylic acids is 2. The normalized spacial score (nSPS) is 12.6. The van der Waals surface area contributed by atoms with E-state index in [1.807, 2.05) is 93.6 Å². The van der Waals surface area contributed by atoms with Gasteiger partial charge in [0.2, 0.25) is 11.8 Å². The van der Waals surface area contributed by atoms with E-state index in [1.165, 1.54) is 0 Å². The van der Waals surface area contributed by atoms with E-state index in [9.17, 15) is 9.59 Å². The number of carbonyl (C=O) groups is 2. The zero-order valence-electron chi connectivity index (χ0n) is 20.8. The number of rotatable bonds is 11. The smallest absolute Gasteiger partial charge is 0.243 e. The molecule has 5 heteroatoms. The maximum Gasteiger partial charge on any atom is 0.243 e. The van der Waals surface area contributed by atoms with Gasteiger partial charge >= 0.3 is 0 Å². The molecule has 4 nitrogen and oxygen atoms in total. The molecular weight excluding hydrogens is 456 g/mol. The molecule has 3 rings (SSSR count). The van der Waals surface area contributed by atoms with Crippen LogP contribution >= 0.6 is 11.6 Å². The molecule has 2 unspecified atom stereocenters. The van der Waals surface area contributed by atoms with Crippen molar-refractivity contribution >= 4 is 23.4 Å². The molecule has 0 saturated carbocycles. The van der Waals surface area contributed by atoms with Crippen molar-refractivity contribution in [2.75, 3.05) is 0 Å². The number of hydrogen-bond acceptors (Lipinski definition) is 2. The summed E-state index contributed by atoms with van der Waals surface area (Å²) >= 11 is 6.34. The van der Waals surface area contributed by atoms with E-state index >= 15 is 0 Å². The summed E-state index contributed by atoms with van der Waals surface area (Å²) in [5.74, 6) is -0.186. The molecule has 0 spiro atoms. The molecule has 184 valence electrons. The third-order valence-electron chi connectivity index (χ3n) is 6.27. The average Bonchev–Trinajstić information content (AvgIpc) is 2.86. The average molecular weight is 491 g/mol. The summed E-state index contributed by atoms with van der Waals surface area (Å²) in [4.78, 5) is 29.0. The zero-order chi connectivity index (χ0) is 25.2.